The topological polar surface area (TPSA) is 29.1 Å². The van der Waals surface area contributed by atoms with Crippen LogP contribution in [0.15, 0.2) is 72.4 Å². The van der Waals surface area contributed by atoms with E-state index in [0.29, 0.717) is 5.92 Å². The van der Waals surface area contributed by atoms with Gasteiger partial charge < -0.3 is 5.32 Å². The monoisotopic (exact) mass is 307 g/mol. The van der Waals surface area contributed by atoms with Gasteiger partial charge in [0.1, 0.15) is 0 Å². The molecule has 2 heteroatoms. The van der Waals surface area contributed by atoms with Crippen molar-refractivity contribution in [3.8, 4) is 0 Å². The first-order valence-corrected chi connectivity index (χ1v) is 8.17. The van der Waals surface area contributed by atoms with Crippen LogP contribution in [0.3, 0.4) is 0 Å². The normalized spacial score (nSPS) is 13.0. The average Bonchev–Trinajstić information content (AvgIpc) is 2.55. The summed E-state index contributed by atoms with van der Waals surface area (Å²) >= 11 is 0. The Kier molecular flexibility index (Phi) is 6.16. The van der Waals surface area contributed by atoms with Crippen LogP contribution in [0.2, 0.25) is 0 Å². The van der Waals surface area contributed by atoms with Gasteiger partial charge in [0.25, 0.3) is 0 Å². The Balaban J connectivity index is 2.16. The molecule has 0 amide bonds. The zero-order chi connectivity index (χ0) is 16.7. The van der Waals surface area contributed by atoms with Gasteiger partial charge in [-0.1, -0.05) is 74.5 Å². The van der Waals surface area contributed by atoms with E-state index in [9.17, 15) is 4.79 Å². The third-order valence-corrected chi connectivity index (χ3v) is 3.69. The minimum Gasteiger partial charge on any atom is -0.382 e. The number of carbonyl (C=O) groups is 1. The molecular formula is C21H25NO. The molecule has 2 aromatic carbocycles. The smallest absolute Gasteiger partial charge is 0.187 e. The number of hydrogen-bond donors (Lipinski definition) is 1. The predicted octanol–water partition coefficient (Wildman–Crippen LogP) is 5.15. The van der Waals surface area contributed by atoms with Gasteiger partial charge >= 0.3 is 0 Å². The number of nitrogens with one attached hydrogen (secondary N) is 1. The maximum Gasteiger partial charge on any atom is 0.187 e. The summed E-state index contributed by atoms with van der Waals surface area (Å²) in [6.07, 6.45) is 2.60. The van der Waals surface area contributed by atoms with Crippen LogP contribution >= 0.6 is 0 Å². The van der Waals surface area contributed by atoms with E-state index < -0.39 is 0 Å². The maximum absolute atomic E-state index is 12.4. The second-order valence-electron chi connectivity index (χ2n) is 6.27. The largest absolute Gasteiger partial charge is 0.382 e. The summed E-state index contributed by atoms with van der Waals surface area (Å²) in [5.41, 5.74) is 2.93. The molecule has 0 fully saturated rings. The Bertz CT molecular complexity index is 644. The van der Waals surface area contributed by atoms with Crippen molar-refractivity contribution in [3.63, 3.8) is 0 Å². The molecular weight excluding hydrogens is 282 g/mol. The maximum atomic E-state index is 12.4. The highest BCUT2D eigenvalue weighted by Crippen LogP contribution is 2.17. The molecule has 1 atom stereocenters. The summed E-state index contributed by atoms with van der Waals surface area (Å²) in [6.45, 7) is 6.45. The van der Waals surface area contributed by atoms with Gasteiger partial charge in [0.2, 0.25) is 0 Å². The molecule has 0 bridgehead atoms. The van der Waals surface area contributed by atoms with Crippen molar-refractivity contribution in [2.24, 2.45) is 5.92 Å². The first kappa shape index (κ1) is 17.0. The van der Waals surface area contributed by atoms with Crippen LogP contribution in [0, 0.1) is 5.92 Å². The van der Waals surface area contributed by atoms with E-state index in [1.807, 2.05) is 48.5 Å². The molecule has 0 aliphatic heterocycles. The summed E-state index contributed by atoms with van der Waals surface area (Å²) in [6, 6.07) is 19.9. The second kappa shape index (κ2) is 8.33. The number of rotatable bonds is 7. The number of benzene rings is 2. The first-order valence-electron chi connectivity index (χ1n) is 8.17. The van der Waals surface area contributed by atoms with Crippen molar-refractivity contribution in [3.05, 3.63) is 83.6 Å². The van der Waals surface area contributed by atoms with E-state index in [-0.39, 0.29) is 11.8 Å². The number of allylic oxidation sites excluding steroid dienone is 2. The lowest BCUT2D eigenvalue weighted by molar-refractivity contribution is 0.104. The molecule has 120 valence electrons. The molecule has 0 heterocycles. The van der Waals surface area contributed by atoms with Crippen LogP contribution in [-0.4, -0.2) is 5.78 Å². The van der Waals surface area contributed by atoms with Crippen molar-refractivity contribution in [2.75, 3.05) is 0 Å². The number of hydrogen-bond acceptors (Lipinski definition) is 2. The van der Waals surface area contributed by atoms with Crippen molar-refractivity contribution < 1.29 is 4.79 Å². The molecule has 0 radical (unpaired) electrons. The van der Waals surface area contributed by atoms with Crippen LogP contribution in [0.4, 0.5) is 0 Å². The molecule has 1 N–H and O–H groups in total. The van der Waals surface area contributed by atoms with Crippen LogP contribution in [-0.2, 0) is 0 Å². The summed E-state index contributed by atoms with van der Waals surface area (Å²) in [7, 11) is 0. The Morgan fingerprint density at radius 1 is 0.957 bits per heavy atom. The van der Waals surface area contributed by atoms with Crippen molar-refractivity contribution in [1.29, 1.82) is 0 Å². The lowest BCUT2D eigenvalue weighted by Crippen LogP contribution is -2.20. The third-order valence-electron chi connectivity index (χ3n) is 3.69. The second-order valence-corrected chi connectivity index (χ2v) is 6.27. The van der Waals surface area contributed by atoms with E-state index >= 15 is 0 Å². The van der Waals surface area contributed by atoms with Crippen LogP contribution in [0.5, 0.6) is 0 Å². The Morgan fingerprint density at radius 3 is 2.09 bits per heavy atom. The quantitative estimate of drug-likeness (QED) is 0.566. The number of ketones is 1. The van der Waals surface area contributed by atoms with E-state index in [1.165, 1.54) is 5.56 Å². The van der Waals surface area contributed by atoms with E-state index in [2.05, 4.69) is 38.2 Å². The summed E-state index contributed by atoms with van der Waals surface area (Å²) in [5.74, 6) is 0.536. The van der Waals surface area contributed by atoms with Gasteiger partial charge in [-0.15, -0.1) is 0 Å². The van der Waals surface area contributed by atoms with Crippen LogP contribution in [0.1, 0.15) is 49.2 Å². The first-order chi connectivity index (χ1) is 11.1. The van der Waals surface area contributed by atoms with Gasteiger partial charge in [0.15, 0.2) is 5.78 Å². The Morgan fingerprint density at radius 2 is 1.52 bits per heavy atom. The highest BCUT2D eigenvalue weighted by Gasteiger charge is 2.11. The van der Waals surface area contributed by atoms with Crippen LogP contribution < -0.4 is 5.32 Å². The highest BCUT2D eigenvalue weighted by atomic mass is 16.1. The Hall–Kier alpha value is -2.35. The van der Waals surface area contributed by atoms with E-state index in [1.54, 1.807) is 6.08 Å². The molecule has 0 saturated carbocycles. The fraction of sp³-hybridized carbons (Fsp3) is 0.286. The van der Waals surface area contributed by atoms with Gasteiger partial charge in [-0.05, 0) is 24.8 Å². The molecule has 0 unspecified atom stereocenters. The molecule has 0 aliphatic rings. The summed E-state index contributed by atoms with van der Waals surface area (Å²) < 4.78 is 0. The minimum absolute atomic E-state index is 0.0500. The van der Waals surface area contributed by atoms with Gasteiger partial charge in [-0.3, -0.25) is 4.79 Å². The van der Waals surface area contributed by atoms with E-state index in [4.69, 9.17) is 0 Å². The third kappa shape index (κ3) is 5.41. The van der Waals surface area contributed by atoms with Crippen molar-refractivity contribution >= 4 is 5.78 Å². The molecule has 0 saturated heterocycles. The lowest BCUT2D eigenvalue weighted by atomic mass is 10.0. The summed E-state index contributed by atoms with van der Waals surface area (Å²) in [4.78, 5) is 12.4. The lowest BCUT2D eigenvalue weighted by Gasteiger charge is -2.20. The molecule has 23 heavy (non-hydrogen) atoms. The average molecular weight is 307 g/mol. The number of carbonyl (C=O) groups excluding carboxylic acids is 1. The zero-order valence-electron chi connectivity index (χ0n) is 14.1. The SMILES string of the molecule is CC(C)C/C(=C/C(=O)c1ccccc1)N[C@H](C)c1ccccc1. The van der Waals surface area contributed by atoms with Gasteiger partial charge in [0, 0.05) is 23.4 Å². The predicted molar refractivity (Wildman–Crippen MR) is 96.3 cm³/mol. The highest BCUT2D eigenvalue weighted by molar-refractivity contribution is 6.04. The standard InChI is InChI=1S/C21H25NO/c1-16(2)14-20(15-21(23)19-12-8-5-9-13-19)22-17(3)18-10-6-4-7-11-18/h4-13,15-17,22H,14H2,1-3H3/b20-15-/t17-/m1/s1. The van der Waals surface area contributed by atoms with Crippen LogP contribution in [0.25, 0.3) is 0 Å². The fourth-order valence-corrected chi connectivity index (χ4v) is 2.55. The van der Waals surface area contributed by atoms with Crippen molar-refractivity contribution in [2.45, 2.75) is 33.2 Å². The van der Waals surface area contributed by atoms with Gasteiger partial charge in [0.05, 0.1) is 0 Å². The van der Waals surface area contributed by atoms with Crippen molar-refractivity contribution in [1.82, 2.24) is 5.32 Å². The molecule has 0 aromatic heterocycles. The molecule has 0 spiro atoms. The Labute approximate surface area is 139 Å². The van der Waals surface area contributed by atoms with E-state index in [0.717, 1.165) is 17.7 Å². The molecule has 0 aliphatic carbocycles. The minimum atomic E-state index is 0.0500. The summed E-state index contributed by atoms with van der Waals surface area (Å²) in [5, 5.41) is 3.51. The fourth-order valence-electron chi connectivity index (χ4n) is 2.55. The van der Waals surface area contributed by atoms with Gasteiger partial charge in [-0.2, -0.15) is 0 Å². The van der Waals surface area contributed by atoms with Gasteiger partial charge in [-0.25, -0.2) is 0 Å². The zero-order valence-corrected chi connectivity index (χ0v) is 14.1. The molecule has 2 rings (SSSR count). The molecule has 2 nitrogen and oxygen atoms in total. The molecule has 2 aromatic rings.